The number of aryl methyl sites for hydroxylation is 1. The Bertz CT molecular complexity index is 1160. The summed E-state index contributed by atoms with van der Waals surface area (Å²) in [5.74, 6) is -1.91. The number of carbonyl (C=O) groups is 4. The molecule has 0 amide bonds. The number of carbonyl (C=O) groups excluding carboxylic acids is 4. The molecule has 10 heteroatoms. The minimum Gasteiger partial charge on any atom is -0.475 e. The molecule has 0 radical (unpaired) electrons. The summed E-state index contributed by atoms with van der Waals surface area (Å²) in [6, 6.07) is 15.8. The fraction of sp³-hybridized carbons (Fsp3) is 0.448. The molecule has 1 saturated heterocycles. The van der Waals surface area contributed by atoms with Crippen molar-refractivity contribution in [2.75, 3.05) is 6.61 Å². The fourth-order valence-corrected chi connectivity index (χ4v) is 5.67. The standard InChI is InChI=1S/C29H34O9S/c1-6-21-11-13-22(14-12-21)15-23-9-7-8-10-24(23)38-29-28(37-20(5)33)27(36-19(4)32)26(35-18(3)31)25(39-29)16-34-17(2)30/h7-14,25-29H,6,15-16H2,1-5H3/t25-,26-,27+,28-,29?/m1/s1. The van der Waals surface area contributed by atoms with Crippen LogP contribution < -0.4 is 4.74 Å². The Kier molecular flexibility index (Phi) is 10.8. The smallest absolute Gasteiger partial charge is 0.303 e. The number of benzene rings is 2. The molecule has 210 valence electrons. The third kappa shape index (κ3) is 8.74. The van der Waals surface area contributed by atoms with Gasteiger partial charge < -0.3 is 23.7 Å². The third-order valence-corrected chi connectivity index (χ3v) is 7.38. The molecule has 39 heavy (non-hydrogen) atoms. The van der Waals surface area contributed by atoms with Gasteiger partial charge in [0.15, 0.2) is 23.7 Å². The van der Waals surface area contributed by atoms with Gasteiger partial charge in [-0.1, -0.05) is 49.4 Å². The second kappa shape index (κ2) is 14.0. The van der Waals surface area contributed by atoms with Crippen molar-refractivity contribution in [1.82, 2.24) is 0 Å². The molecule has 0 aromatic heterocycles. The van der Waals surface area contributed by atoms with E-state index in [9.17, 15) is 19.2 Å². The molecule has 0 saturated carbocycles. The lowest BCUT2D eigenvalue weighted by Gasteiger charge is -2.43. The van der Waals surface area contributed by atoms with Crippen LogP contribution in [0.2, 0.25) is 0 Å². The summed E-state index contributed by atoms with van der Waals surface area (Å²) in [6.07, 6.45) is -1.84. The Morgan fingerprint density at radius 1 is 0.718 bits per heavy atom. The molecule has 0 bridgehead atoms. The summed E-state index contributed by atoms with van der Waals surface area (Å²) < 4.78 is 28.3. The monoisotopic (exact) mass is 558 g/mol. The molecular weight excluding hydrogens is 524 g/mol. The Balaban J connectivity index is 1.97. The molecule has 5 atom stereocenters. The highest BCUT2D eigenvalue weighted by atomic mass is 32.2. The lowest BCUT2D eigenvalue weighted by Crippen LogP contribution is -2.59. The summed E-state index contributed by atoms with van der Waals surface area (Å²) in [4.78, 5) is 47.8. The average Bonchev–Trinajstić information content (AvgIpc) is 2.87. The van der Waals surface area contributed by atoms with Crippen molar-refractivity contribution in [2.24, 2.45) is 0 Å². The molecule has 0 spiro atoms. The molecule has 0 aliphatic carbocycles. The van der Waals surface area contributed by atoms with Crippen LogP contribution in [0, 0.1) is 0 Å². The number of hydrogen-bond acceptors (Lipinski definition) is 10. The van der Waals surface area contributed by atoms with Gasteiger partial charge in [-0.05, 0) is 29.2 Å². The lowest BCUT2D eigenvalue weighted by molar-refractivity contribution is -0.190. The summed E-state index contributed by atoms with van der Waals surface area (Å²) in [6.45, 7) is 6.86. The molecule has 2 aromatic carbocycles. The zero-order valence-corrected chi connectivity index (χ0v) is 23.5. The molecular formula is C29H34O9S. The fourth-order valence-electron chi connectivity index (χ4n) is 4.29. The Labute approximate surface area is 232 Å². The molecule has 9 nitrogen and oxygen atoms in total. The summed E-state index contributed by atoms with van der Waals surface area (Å²) in [7, 11) is 0. The Morgan fingerprint density at radius 2 is 1.28 bits per heavy atom. The van der Waals surface area contributed by atoms with E-state index in [1.54, 1.807) is 6.07 Å². The molecule has 2 aromatic rings. The van der Waals surface area contributed by atoms with Gasteiger partial charge in [0.1, 0.15) is 12.4 Å². The summed E-state index contributed by atoms with van der Waals surface area (Å²) in [5, 5.41) is -0.673. The van der Waals surface area contributed by atoms with Crippen LogP contribution in [0.1, 0.15) is 51.3 Å². The summed E-state index contributed by atoms with van der Waals surface area (Å²) >= 11 is 1.17. The van der Waals surface area contributed by atoms with Crippen LogP contribution in [0.25, 0.3) is 0 Å². The van der Waals surface area contributed by atoms with Crippen LogP contribution in [0.4, 0.5) is 0 Å². The van der Waals surface area contributed by atoms with Crippen molar-refractivity contribution in [3.63, 3.8) is 0 Å². The van der Waals surface area contributed by atoms with E-state index < -0.39 is 52.9 Å². The number of esters is 4. The zero-order valence-electron chi connectivity index (χ0n) is 22.7. The minimum atomic E-state index is -1.20. The van der Waals surface area contributed by atoms with Crippen molar-refractivity contribution >= 4 is 35.6 Å². The number of ether oxygens (including phenoxy) is 5. The Hall–Kier alpha value is -3.53. The van der Waals surface area contributed by atoms with Gasteiger partial charge in [-0.25, -0.2) is 0 Å². The molecule has 1 aliphatic heterocycles. The molecule has 3 rings (SSSR count). The highest BCUT2D eigenvalue weighted by molar-refractivity contribution is 8.00. The van der Waals surface area contributed by atoms with Gasteiger partial charge in [0.2, 0.25) is 0 Å². The van der Waals surface area contributed by atoms with Crippen LogP contribution in [-0.4, -0.2) is 59.5 Å². The number of para-hydroxylation sites is 1. The Morgan fingerprint density at radius 3 is 1.87 bits per heavy atom. The van der Waals surface area contributed by atoms with E-state index in [4.69, 9.17) is 23.7 Å². The maximum Gasteiger partial charge on any atom is 0.303 e. The van der Waals surface area contributed by atoms with Crippen molar-refractivity contribution in [1.29, 1.82) is 0 Å². The number of rotatable bonds is 10. The predicted octanol–water partition coefficient (Wildman–Crippen LogP) is 4.02. The topological polar surface area (TPSA) is 114 Å². The SMILES string of the molecule is CCc1ccc(Cc2ccccc2OC2S[C@H](COC(C)=O)[C@@H](OC(C)=O)[C@H](OC(C)=O)[C@H]2OC(C)=O)cc1. The van der Waals surface area contributed by atoms with Gasteiger partial charge in [-0.15, -0.1) is 11.8 Å². The molecule has 0 N–H and O–H groups in total. The van der Waals surface area contributed by atoms with Gasteiger partial charge in [-0.3, -0.25) is 19.2 Å². The van der Waals surface area contributed by atoms with Gasteiger partial charge in [-0.2, -0.15) is 0 Å². The first kappa shape index (κ1) is 30.0. The second-order valence-electron chi connectivity index (χ2n) is 9.14. The van der Waals surface area contributed by atoms with Crippen LogP contribution in [-0.2, 0) is 51.0 Å². The number of hydrogen-bond donors (Lipinski definition) is 0. The molecule has 1 heterocycles. The van der Waals surface area contributed by atoms with Gasteiger partial charge >= 0.3 is 23.9 Å². The normalized spacial score (nSPS) is 22.3. The highest BCUT2D eigenvalue weighted by Gasteiger charge is 2.53. The van der Waals surface area contributed by atoms with Gasteiger partial charge in [0.05, 0.1) is 5.25 Å². The first-order valence-electron chi connectivity index (χ1n) is 12.7. The van der Waals surface area contributed by atoms with Crippen molar-refractivity contribution in [3.05, 3.63) is 65.2 Å². The van der Waals surface area contributed by atoms with Crippen molar-refractivity contribution in [2.45, 2.75) is 76.5 Å². The maximum absolute atomic E-state index is 12.1. The first-order valence-corrected chi connectivity index (χ1v) is 13.6. The van der Waals surface area contributed by atoms with E-state index in [1.807, 2.05) is 18.2 Å². The van der Waals surface area contributed by atoms with E-state index >= 15 is 0 Å². The van der Waals surface area contributed by atoms with Crippen LogP contribution in [0.15, 0.2) is 48.5 Å². The third-order valence-electron chi connectivity index (χ3n) is 5.99. The quantitative estimate of drug-likeness (QED) is 0.313. The predicted molar refractivity (Wildman–Crippen MR) is 144 cm³/mol. The van der Waals surface area contributed by atoms with Crippen LogP contribution in [0.3, 0.4) is 0 Å². The van der Waals surface area contributed by atoms with Crippen molar-refractivity contribution in [3.8, 4) is 5.75 Å². The lowest BCUT2D eigenvalue weighted by atomic mass is 10.0. The highest BCUT2D eigenvalue weighted by Crippen LogP contribution is 2.40. The molecule has 1 fully saturated rings. The van der Waals surface area contributed by atoms with Gasteiger partial charge in [0, 0.05) is 34.1 Å². The largest absolute Gasteiger partial charge is 0.475 e. The van der Waals surface area contributed by atoms with E-state index in [1.165, 1.54) is 45.0 Å². The summed E-state index contributed by atoms with van der Waals surface area (Å²) in [5.41, 5.74) is 2.35. The van der Waals surface area contributed by atoms with E-state index in [2.05, 4.69) is 31.2 Å². The van der Waals surface area contributed by atoms with Gasteiger partial charge in [0.25, 0.3) is 0 Å². The first-order chi connectivity index (χ1) is 18.6. The molecule has 1 aliphatic rings. The van der Waals surface area contributed by atoms with Crippen molar-refractivity contribution < 1.29 is 42.9 Å². The van der Waals surface area contributed by atoms with E-state index in [0.29, 0.717) is 12.2 Å². The van der Waals surface area contributed by atoms with Crippen LogP contribution >= 0.6 is 11.8 Å². The molecule has 1 unspecified atom stereocenters. The zero-order chi connectivity index (χ0) is 28.5. The second-order valence-corrected chi connectivity index (χ2v) is 10.5. The van der Waals surface area contributed by atoms with E-state index in [0.717, 1.165) is 17.5 Å². The minimum absolute atomic E-state index is 0.145. The maximum atomic E-state index is 12.1. The number of thioether (sulfide) groups is 1. The average molecular weight is 559 g/mol. The van der Waals surface area contributed by atoms with Crippen LogP contribution in [0.5, 0.6) is 5.75 Å². The van der Waals surface area contributed by atoms with E-state index in [-0.39, 0.29) is 6.61 Å².